The number of sulfone groups is 1. The molecule has 0 radical (unpaired) electrons. The summed E-state index contributed by atoms with van der Waals surface area (Å²) in [5, 5.41) is 3.40. The maximum absolute atomic E-state index is 10.9. The van der Waals surface area contributed by atoms with Crippen molar-refractivity contribution in [3.05, 3.63) is 0 Å². The molecule has 1 unspecified atom stereocenters. The molecule has 0 aromatic heterocycles. The van der Waals surface area contributed by atoms with Gasteiger partial charge in [-0.25, -0.2) is 8.42 Å². The number of hydrogen-bond donors (Lipinski definition) is 1. The van der Waals surface area contributed by atoms with Gasteiger partial charge >= 0.3 is 0 Å². The zero-order chi connectivity index (χ0) is 12.6. The lowest BCUT2D eigenvalue weighted by atomic mass is 10.0. The Morgan fingerprint density at radius 2 is 1.75 bits per heavy atom. The first-order valence-electron chi connectivity index (χ1n) is 6.19. The van der Waals surface area contributed by atoms with Crippen LogP contribution in [0.3, 0.4) is 0 Å². The Balaban J connectivity index is 3.41. The Labute approximate surface area is 101 Å². The molecule has 4 heteroatoms. The minimum Gasteiger partial charge on any atom is -0.316 e. The van der Waals surface area contributed by atoms with Crippen molar-refractivity contribution in [2.24, 2.45) is 11.8 Å². The van der Waals surface area contributed by atoms with Crippen molar-refractivity contribution in [2.45, 2.75) is 40.0 Å². The molecule has 0 rings (SSSR count). The normalized spacial score (nSPS) is 14.3. The fraction of sp³-hybridized carbons (Fsp3) is 1.00. The van der Waals surface area contributed by atoms with Crippen LogP contribution in [-0.4, -0.2) is 33.5 Å². The van der Waals surface area contributed by atoms with E-state index >= 15 is 0 Å². The van der Waals surface area contributed by atoms with Crippen molar-refractivity contribution in [1.29, 1.82) is 0 Å². The monoisotopic (exact) mass is 249 g/mol. The van der Waals surface area contributed by atoms with Gasteiger partial charge < -0.3 is 5.32 Å². The fourth-order valence-corrected chi connectivity index (χ4v) is 2.27. The van der Waals surface area contributed by atoms with Gasteiger partial charge in [-0.2, -0.15) is 0 Å². The molecule has 0 fully saturated rings. The average molecular weight is 249 g/mol. The predicted octanol–water partition coefficient (Wildman–Crippen LogP) is 2.08. The standard InChI is InChI=1S/C12H27NO2S/c1-11(2)10-13-8-7-12(3)6-5-9-16(4,14)15/h11-13H,5-10H2,1-4H3. The minimum absolute atomic E-state index is 0.330. The van der Waals surface area contributed by atoms with E-state index in [0.717, 1.165) is 32.4 Å². The summed E-state index contributed by atoms with van der Waals surface area (Å²) in [5.41, 5.74) is 0. The average Bonchev–Trinajstić information content (AvgIpc) is 2.10. The summed E-state index contributed by atoms with van der Waals surface area (Å²) < 4.78 is 21.9. The third-order valence-electron chi connectivity index (χ3n) is 2.58. The summed E-state index contributed by atoms with van der Waals surface area (Å²) in [7, 11) is -2.77. The van der Waals surface area contributed by atoms with Crippen molar-refractivity contribution in [1.82, 2.24) is 5.32 Å². The largest absolute Gasteiger partial charge is 0.316 e. The Bertz CT molecular complexity index is 260. The second kappa shape index (κ2) is 8.07. The van der Waals surface area contributed by atoms with Gasteiger partial charge in [-0.3, -0.25) is 0 Å². The quantitative estimate of drug-likeness (QED) is 0.636. The highest BCUT2D eigenvalue weighted by Gasteiger charge is 2.06. The molecule has 0 heterocycles. The van der Waals surface area contributed by atoms with E-state index in [1.165, 1.54) is 6.26 Å². The lowest BCUT2D eigenvalue weighted by molar-refractivity contribution is 0.450. The van der Waals surface area contributed by atoms with Crippen LogP contribution < -0.4 is 5.32 Å². The zero-order valence-electron chi connectivity index (χ0n) is 11.1. The van der Waals surface area contributed by atoms with E-state index in [1.54, 1.807) is 0 Å². The van der Waals surface area contributed by atoms with Crippen molar-refractivity contribution in [2.75, 3.05) is 25.1 Å². The Morgan fingerprint density at radius 1 is 1.12 bits per heavy atom. The summed E-state index contributed by atoms with van der Waals surface area (Å²) in [5.74, 6) is 1.64. The van der Waals surface area contributed by atoms with Gasteiger partial charge in [0.05, 0.1) is 0 Å². The summed E-state index contributed by atoms with van der Waals surface area (Å²) in [6, 6.07) is 0. The van der Waals surface area contributed by atoms with Gasteiger partial charge in [0.1, 0.15) is 9.84 Å². The van der Waals surface area contributed by atoms with E-state index in [9.17, 15) is 8.42 Å². The van der Waals surface area contributed by atoms with Gasteiger partial charge in [-0.1, -0.05) is 20.8 Å². The Hall–Kier alpha value is -0.0900. The molecule has 1 atom stereocenters. The molecule has 98 valence electrons. The van der Waals surface area contributed by atoms with Gasteiger partial charge in [-0.05, 0) is 44.2 Å². The highest BCUT2D eigenvalue weighted by atomic mass is 32.2. The lowest BCUT2D eigenvalue weighted by Crippen LogP contribution is -2.22. The van der Waals surface area contributed by atoms with E-state index in [-0.39, 0.29) is 0 Å². The van der Waals surface area contributed by atoms with E-state index in [1.807, 2.05) is 0 Å². The van der Waals surface area contributed by atoms with Crippen molar-refractivity contribution < 1.29 is 8.42 Å². The van der Waals surface area contributed by atoms with Crippen molar-refractivity contribution >= 4 is 9.84 Å². The first-order valence-corrected chi connectivity index (χ1v) is 8.25. The molecule has 0 aromatic carbocycles. The number of hydrogen-bond acceptors (Lipinski definition) is 3. The van der Waals surface area contributed by atoms with Crippen LogP contribution in [0.15, 0.2) is 0 Å². The minimum atomic E-state index is -2.77. The van der Waals surface area contributed by atoms with Crippen LogP contribution in [0.1, 0.15) is 40.0 Å². The maximum Gasteiger partial charge on any atom is 0.147 e. The maximum atomic E-state index is 10.9. The third kappa shape index (κ3) is 12.0. The molecule has 0 aliphatic carbocycles. The SMILES string of the molecule is CC(C)CNCCC(C)CCCS(C)(=O)=O. The zero-order valence-corrected chi connectivity index (χ0v) is 11.9. The molecule has 0 aliphatic rings. The molecule has 0 amide bonds. The van der Waals surface area contributed by atoms with Crippen LogP contribution >= 0.6 is 0 Å². The number of nitrogens with one attached hydrogen (secondary N) is 1. The van der Waals surface area contributed by atoms with E-state index in [2.05, 4.69) is 26.1 Å². The first kappa shape index (κ1) is 15.9. The molecule has 1 N–H and O–H groups in total. The molecule has 0 spiro atoms. The van der Waals surface area contributed by atoms with Crippen molar-refractivity contribution in [3.8, 4) is 0 Å². The van der Waals surface area contributed by atoms with Crippen LogP contribution in [0, 0.1) is 11.8 Å². The van der Waals surface area contributed by atoms with E-state index in [4.69, 9.17) is 0 Å². The first-order chi connectivity index (χ1) is 7.31. The topological polar surface area (TPSA) is 46.2 Å². The molecule has 3 nitrogen and oxygen atoms in total. The molecule has 0 saturated heterocycles. The smallest absolute Gasteiger partial charge is 0.147 e. The summed E-state index contributed by atoms with van der Waals surface area (Å²) >= 11 is 0. The Morgan fingerprint density at radius 3 is 2.25 bits per heavy atom. The van der Waals surface area contributed by atoms with Crippen LogP contribution in [0.2, 0.25) is 0 Å². The molecule has 0 aliphatic heterocycles. The second-order valence-electron chi connectivity index (χ2n) is 5.26. The van der Waals surface area contributed by atoms with Gasteiger partial charge in [0.25, 0.3) is 0 Å². The molecule has 0 aromatic rings. The van der Waals surface area contributed by atoms with Crippen LogP contribution in [0.4, 0.5) is 0 Å². The van der Waals surface area contributed by atoms with Gasteiger partial charge in [0, 0.05) is 12.0 Å². The van der Waals surface area contributed by atoms with Gasteiger partial charge in [0.2, 0.25) is 0 Å². The lowest BCUT2D eigenvalue weighted by Gasteiger charge is -2.12. The molecular weight excluding hydrogens is 222 g/mol. The van der Waals surface area contributed by atoms with Crippen LogP contribution in [-0.2, 0) is 9.84 Å². The number of rotatable bonds is 9. The molecule has 16 heavy (non-hydrogen) atoms. The van der Waals surface area contributed by atoms with Crippen molar-refractivity contribution in [3.63, 3.8) is 0 Å². The van der Waals surface area contributed by atoms with Crippen LogP contribution in [0.25, 0.3) is 0 Å². The Kier molecular flexibility index (Phi) is 8.02. The fourth-order valence-electron chi connectivity index (χ4n) is 1.58. The van der Waals surface area contributed by atoms with Gasteiger partial charge in [-0.15, -0.1) is 0 Å². The highest BCUT2D eigenvalue weighted by Crippen LogP contribution is 2.10. The van der Waals surface area contributed by atoms with Crippen LogP contribution in [0.5, 0.6) is 0 Å². The van der Waals surface area contributed by atoms with E-state index < -0.39 is 9.84 Å². The second-order valence-corrected chi connectivity index (χ2v) is 7.52. The molecular formula is C12H27NO2S. The summed E-state index contributed by atoms with van der Waals surface area (Å²) in [4.78, 5) is 0. The summed E-state index contributed by atoms with van der Waals surface area (Å²) in [6.07, 6.45) is 4.25. The highest BCUT2D eigenvalue weighted by molar-refractivity contribution is 7.90. The van der Waals surface area contributed by atoms with Gasteiger partial charge in [0.15, 0.2) is 0 Å². The molecule has 0 bridgehead atoms. The van der Waals surface area contributed by atoms with E-state index in [0.29, 0.717) is 17.6 Å². The summed E-state index contributed by atoms with van der Waals surface area (Å²) in [6.45, 7) is 8.69. The predicted molar refractivity (Wildman–Crippen MR) is 70.4 cm³/mol. The molecule has 0 saturated carbocycles. The third-order valence-corrected chi connectivity index (χ3v) is 3.61.